The highest BCUT2D eigenvalue weighted by Gasteiger charge is 2.44. The number of ether oxygens (including phenoxy) is 1. The summed E-state index contributed by atoms with van der Waals surface area (Å²) in [7, 11) is 1.17. The second-order valence-electron chi connectivity index (χ2n) is 3.61. The quantitative estimate of drug-likeness (QED) is 0.640. The molecule has 1 fully saturated rings. The van der Waals surface area contributed by atoms with E-state index in [9.17, 15) is 22.8 Å². The second kappa shape index (κ2) is 4.71. The lowest BCUT2D eigenvalue weighted by molar-refractivity contribution is -0.187. The van der Waals surface area contributed by atoms with Crippen LogP contribution in [-0.2, 0) is 14.3 Å². The Balaban J connectivity index is 2.64. The van der Waals surface area contributed by atoms with Crippen LogP contribution in [-0.4, -0.2) is 43.2 Å². The van der Waals surface area contributed by atoms with Crippen molar-refractivity contribution < 1.29 is 27.5 Å². The van der Waals surface area contributed by atoms with Crippen LogP contribution in [0.15, 0.2) is 0 Å². The zero-order valence-corrected chi connectivity index (χ0v) is 8.71. The SMILES string of the molecule is COC(=O)[C@H]1CCCN(C(=O)C(F)(F)F)C1. The van der Waals surface area contributed by atoms with Crippen LogP contribution >= 0.6 is 0 Å². The van der Waals surface area contributed by atoms with Gasteiger partial charge in [-0.15, -0.1) is 0 Å². The van der Waals surface area contributed by atoms with Crippen LogP contribution in [0.1, 0.15) is 12.8 Å². The first-order chi connectivity index (χ1) is 7.36. The molecule has 0 bridgehead atoms. The maximum Gasteiger partial charge on any atom is 0.471 e. The smallest absolute Gasteiger partial charge is 0.469 e. The molecule has 0 spiro atoms. The molecule has 1 amide bonds. The number of hydrogen-bond acceptors (Lipinski definition) is 3. The summed E-state index contributed by atoms with van der Waals surface area (Å²) in [5.41, 5.74) is 0. The average Bonchev–Trinajstić information content (AvgIpc) is 2.26. The van der Waals surface area contributed by atoms with Crippen LogP contribution in [0.3, 0.4) is 0 Å². The Morgan fingerprint density at radius 2 is 2.00 bits per heavy atom. The Hall–Kier alpha value is -1.27. The first-order valence-corrected chi connectivity index (χ1v) is 4.80. The van der Waals surface area contributed by atoms with Crippen LogP contribution in [0.4, 0.5) is 13.2 Å². The van der Waals surface area contributed by atoms with E-state index in [0.29, 0.717) is 17.7 Å². The molecule has 0 N–H and O–H groups in total. The number of rotatable bonds is 1. The molecule has 16 heavy (non-hydrogen) atoms. The minimum absolute atomic E-state index is 0.0336. The lowest BCUT2D eigenvalue weighted by Crippen LogP contribution is -2.47. The van der Waals surface area contributed by atoms with Gasteiger partial charge in [0.25, 0.3) is 0 Å². The summed E-state index contributed by atoms with van der Waals surface area (Å²) in [4.78, 5) is 22.7. The van der Waals surface area contributed by atoms with E-state index >= 15 is 0 Å². The van der Waals surface area contributed by atoms with Crippen LogP contribution in [0.5, 0.6) is 0 Å². The number of halogens is 3. The third-order valence-corrected chi connectivity index (χ3v) is 2.49. The largest absolute Gasteiger partial charge is 0.471 e. The molecule has 0 aliphatic carbocycles. The maximum absolute atomic E-state index is 12.1. The van der Waals surface area contributed by atoms with Crippen molar-refractivity contribution in [1.29, 1.82) is 0 Å². The van der Waals surface area contributed by atoms with Crippen LogP contribution in [0.25, 0.3) is 0 Å². The van der Waals surface area contributed by atoms with Gasteiger partial charge in [-0.25, -0.2) is 0 Å². The van der Waals surface area contributed by atoms with Gasteiger partial charge in [-0.05, 0) is 12.8 Å². The molecule has 1 aliphatic rings. The fourth-order valence-electron chi connectivity index (χ4n) is 1.70. The third kappa shape index (κ3) is 2.86. The number of likely N-dealkylation sites (tertiary alicyclic amines) is 1. The highest BCUT2D eigenvalue weighted by atomic mass is 19.4. The molecule has 1 heterocycles. The molecule has 0 saturated carbocycles. The molecular weight excluding hydrogens is 227 g/mol. The zero-order chi connectivity index (χ0) is 12.3. The molecule has 0 radical (unpaired) electrons. The topological polar surface area (TPSA) is 46.6 Å². The molecule has 0 aromatic rings. The van der Waals surface area contributed by atoms with Gasteiger partial charge in [0.15, 0.2) is 0 Å². The van der Waals surface area contributed by atoms with Crippen molar-refractivity contribution in [3.63, 3.8) is 0 Å². The number of methoxy groups -OCH3 is 1. The van der Waals surface area contributed by atoms with Gasteiger partial charge < -0.3 is 9.64 Å². The summed E-state index contributed by atoms with van der Waals surface area (Å²) in [6, 6.07) is 0. The van der Waals surface area contributed by atoms with Gasteiger partial charge in [-0.2, -0.15) is 13.2 Å². The molecule has 1 atom stereocenters. The highest BCUT2D eigenvalue weighted by molar-refractivity contribution is 5.83. The molecule has 4 nitrogen and oxygen atoms in total. The summed E-state index contributed by atoms with van der Waals surface area (Å²) in [5, 5.41) is 0. The monoisotopic (exact) mass is 239 g/mol. The first-order valence-electron chi connectivity index (χ1n) is 4.80. The van der Waals surface area contributed by atoms with E-state index in [4.69, 9.17) is 0 Å². The average molecular weight is 239 g/mol. The molecule has 92 valence electrons. The van der Waals surface area contributed by atoms with E-state index in [0.717, 1.165) is 0 Å². The number of nitrogens with zero attached hydrogens (tertiary/aromatic N) is 1. The fraction of sp³-hybridized carbons (Fsp3) is 0.778. The number of carbonyl (C=O) groups excluding carboxylic acids is 2. The van der Waals surface area contributed by atoms with E-state index in [1.54, 1.807) is 0 Å². The standard InChI is InChI=1S/C9H12F3NO3/c1-16-7(14)6-3-2-4-13(5-6)8(15)9(10,11)12/h6H,2-5H2,1H3/t6-/m0/s1. The molecule has 1 aliphatic heterocycles. The van der Waals surface area contributed by atoms with Gasteiger partial charge >= 0.3 is 18.1 Å². The van der Waals surface area contributed by atoms with Crippen molar-refractivity contribution in [2.24, 2.45) is 5.92 Å². The first kappa shape index (κ1) is 12.8. The van der Waals surface area contributed by atoms with Gasteiger partial charge in [-0.3, -0.25) is 9.59 Å². The molecular formula is C9H12F3NO3. The molecule has 0 unspecified atom stereocenters. The highest BCUT2D eigenvalue weighted by Crippen LogP contribution is 2.24. The van der Waals surface area contributed by atoms with Crippen LogP contribution in [0, 0.1) is 5.92 Å². The predicted octanol–water partition coefficient (Wildman–Crippen LogP) is 0.960. The molecule has 7 heteroatoms. The van der Waals surface area contributed by atoms with Gasteiger partial charge in [0.2, 0.25) is 0 Å². The van der Waals surface area contributed by atoms with E-state index in [1.807, 2.05) is 0 Å². The number of alkyl halides is 3. The third-order valence-electron chi connectivity index (χ3n) is 2.49. The van der Waals surface area contributed by atoms with Gasteiger partial charge in [-0.1, -0.05) is 0 Å². The summed E-state index contributed by atoms with van der Waals surface area (Å²) in [6.07, 6.45) is -4.05. The van der Waals surface area contributed by atoms with Crippen molar-refractivity contribution in [1.82, 2.24) is 4.90 Å². The normalized spacial score (nSPS) is 21.8. The number of carbonyl (C=O) groups is 2. The lowest BCUT2D eigenvalue weighted by atomic mass is 9.98. The van der Waals surface area contributed by atoms with Crippen LogP contribution in [0.2, 0.25) is 0 Å². The Morgan fingerprint density at radius 3 is 2.50 bits per heavy atom. The second-order valence-corrected chi connectivity index (χ2v) is 3.61. The van der Waals surface area contributed by atoms with E-state index in [-0.39, 0.29) is 13.1 Å². The summed E-state index contributed by atoms with van der Waals surface area (Å²) in [6.45, 7) is -0.184. The fourth-order valence-corrected chi connectivity index (χ4v) is 1.70. The predicted molar refractivity (Wildman–Crippen MR) is 47.4 cm³/mol. The Labute approximate surface area is 90.3 Å². The van der Waals surface area contributed by atoms with Gasteiger partial charge in [0.1, 0.15) is 0 Å². The number of amides is 1. The van der Waals surface area contributed by atoms with E-state index in [2.05, 4.69) is 4.74 Å². The van der Waals surface area contributed by atoms with Crippen molar-refractivity contribution in [2.45, 2.75) is 19.0 Å². The Kier molecular flexibility index (Phi) is 3.77. The van der Waals surface area contributed by atoms with E-state index in [1.165, 1.54) is 7.11 Å². The summed E-state index contributed by atoms with van der Waals surface area (Å²) in [5.74, 6) is -3.11. The molecule has 0 aromatic carbocycles. The Bertz CT molecular complexity index is 290. The summed E-state index contributed by atoms with van der Waals surface area (Å²) < 4.78 is 40.9. The lowest BCUT2D eigenvalue weighted by Gasteiger charge is -2.31. The molecule has 0 aromatic heterocycles. The van der Waals surface area contributed by atoms with Crippen molar-refractivity contribution in [3.8, 4) is 0 Å². The Morgan fingerprint density at radius 1 is 1.38 bits per heavy atom. The van der Waals surface area contributed by atoms with Gasteiger partial charge in [0.05, 0.1) is 13.0 Å². The molecule has 1 saturated heterocycles. The zero-order valence-electron chi connectivity index (χ0n) is 8.71. The minimum atomic E-state index is -4.88. The molecule has 1 rings (SSSR count). The van der Waals surface area contributed by atoms with Crippen LogP contribution < -0.4 is 0 Å². The van der Waals surface area contributed by atoms with Crippen molar-refractivity contribution >= 4 is 11.9 Å². The number of esters is 1. The number of hydrogen-bond donors (Lipinski definition) is 0. The minimum Gasteiger partial charge on any atom is -0.469 e. The maximum atomic E-state index is 12.1. The van der Waals surface area contributed by atoms with Crippen molar-refractivity contribution in [3.05, 3.63) is 0 Å². The summed E-state index contributed by atoms with van der Waals surface area (Å²) >= 11 is 0. The van der Waals surface area contributed by atoms with Gasteiger partial charge in [0, 0.05) is 13.1 Å². The number of piperidine rings is 1. The van der Waals surface area contributed by atoms with Crippen molar-refractivity contribution in [2.75, 3.05) is 20.2 Å². The van der Waals surface area contributed by atoms with E-state index < -0.39 is 24.0 Å².